The van der Waals surface area contributed by atoms with E-state index in [4.69, 9.17) is 0 Å². The van der Waals surface area contributed by atoms with Crippen molar-refractivity contribution in [2.75, 3.05) is 6.54 Å². The topological polar surface area (TPSA) is 68.1 Å². The van der Waals surface area contributed by atoms with Gasteiger partial charge in [0.15, 0.2) is 4.60 Å². The first kappa shape index (κ1) is 14.5. The quantitative estimate of drug-likeness (QED) is 0.805. The van der Waals surface area contributed by atoms with E-state index in [-0.39, 0.29) is 11.1 Å². The molecule has 1 saturated carbocycles. The molecule has 1 saturated heterocycles. The smallest absolute Gasteiger partial charge is 0.235 e. The third-order valence-corrected chi connectivity index (χ3v) is 7.30. The van der Waals surface area contributed by atoms with Crippen molar-refractivity contribution in [3.8, 4) is 0 Å². The van der Waals surface area contributed by atoms with Gasteiger partial charge in [-0.25, -0.2) is 13.1 Å². The lowest BCUT2D eigenvalue weighted by Crippen LogP contribution is -2.49. The molecular weight excluding hydrogens is 344 g/mol. The van der Waals surface area contributed by atoms with Crippen LogP contribution in [0, 0.1) is 5.92 Å². The largest absolute Gasteiger partial charge is 0.263 e. The van der Waals surface area contributed by atoms with Gasteiger partial charge in [0.25, 0.3) is 10.0 Å². The Hall–Kier alpha value is -0.470. The highest BCUT2D eigenvalue weighted by molar-refractivity contribution is 9.10. The maximum absolute atomic E-state index is 12.9. The van der Waals surface area contributed by atoms with Crippen molar-refractivity contribution in [1.29, 1.82) is 0 Å². The van der Waals surface area contributed by atoms with E-state index in [1.165, 1.54) is 11.1 Å². The summed E-state index contributed by atoms with van der Waals surface area (Å²) in [6.07, 6.45) is 6.59. The first-order valence-corrected chi connectivity index (χ1v) is 9.32. The van der Waals surface area contributed by atoms with E-state index in [0.29, 0.717) is 17.1 Å². The van der Waals surface area contributed by atoms with Gasteiger partial charge in [0, 0.05) is 19.6 Å². The van der Waals surface area contributed by atoms with Gasteiger partial charge in [-0.1, -0.05) is 18.1 Å². The molecule has 0 spiro atoms. The Kier molecular flexibility index (Phi) is 3.89. The zero-order chi connectivity index (χ0) is 14.3. The zero-order valence-electron chi connectivity index (χ0n) is 11.5. The third-order valence-electron chi connectivity index (χ3n) is 4.48. The van der Waals surface area contributed by atoms with Crippen LogP contribution >= 0.6 is 15.9 Å². The second-order valence-corrected chi connectivity index (χ2v) is 8.24. The molecule has 6 nitrogen and oxygen atoms in total. The molecule has 0 amide bonds. The SMILES string of the molecule is Cn1nnc(Br)c1S(=O)(=O)N1CCCC2CCCCC21. The van der Waals surface area contributed by atoms with Gasteiger partial charge in [0.05, 0.1) is 0 Å². The van der Waals surface area contributed by atoms with Crippen molar-refractivity contribution in [1.82, 2.24) is 19.3 Å². The van der Waals surface area contributed by atoms with Crippen LogP contribution in [0.2, 0.25) is 0 Å². The van der Waals surface area contributed by atoms with Crippen molar-refractivity contribution >= 4 is 26.0 Å². The van der Waals surface area contributed by atoms with Gasteiger partial charge in [-0.2, -0.15) is 4.31 Å². The van der Waals surface area contributed by atoms with Gasteiger partial charge >= 0.3 is 0 Å². The predicted molar refractivity (Wildman–Crippen MR) is 77.6 cm³/mol. The van der Waals surface area contributed by atoms with Crippen molar-refractivity contribution in [2.45, 2.75) is 49.6 Å². The predicted octanol–water partition coefficient (Wildman–Crippen LogP) is 1.92. The van der Waals surface area contributed by atoms with E-state index in [2.05, 4.69) is 26.2 Å². The van der Waals surface area contributed by atoms with E-state index in [9.17, 15) is 8.42 Å². The van der Waals surface area contributed by atoms with Crippen molar-refractivity contribution in [2.24, 2.45) is 13.0 Å². The second-order valence-electron chi connectivity index (χ2n) is 5.68. The molecule has 0 bridgehead atoms. The van der Waals surface area contributed by atoms with Crippen molar-refractivity contribution in [3.05, 3.63) is 4.60 Å². The van der Waals surface area contributed by atoms with Gasteiger partial charge in [-0.05, 0) is 47.5 Å². The number of hydrogen-bond acceptors (Lipinski definition) is 4. The number of aryl methyl sites for hydroxylation is 1. The average Bonchev–Trinajstić information content (AvgIpc) is 2.78. The number of sulfonamides is 1. The zero-order valence-corrected chi connectivity index (χ0v) is 13.9. The van der Waals surface area contributed by atoms with Gasteiger partial charge in [-0.3, -0.25) is 0 Å². The molecule has 1 aromatic rings. The summed E-state index contributed by atoms with van der Waals surface area (Å²) in [7, 11) is -1.91. The van der Waals surface area contributed by atoms with Crippen LogP contribution in [0.25, 0.3) is 0 Å². The van der Waals surface area contributed by atoms with Gasteiger partial charge in [0.2, 0.25) is 5.03 Å². The molecule has 20 heavy (non-hydrogen) atoms. The molecular formula is C12H19BrN4O2S. The minimum Gasteiger partial charge on any atom is -0.235 e. The minimum absolute atomic E-state index is 0.157. The average molecular weight is 363 g/mol. The monoisotopic (exact) mass is 362 g/mol. The molecule has 1 aliphatic heterocycles. The number of halogens is 1. The van der Waals surface area contributed by atoms with Crippen LogP contribution in [-0.4, -0.2) is 40.3 Å². The van der Waals surface area contributed by atoms with Crippen LogP contribution in [0.15, 0.2) is 9.63 Å². The summed E-state index contributed by atoms with van der Waals surface area (Å²) in [5.41, 5.74) is 0. The summed E-state index contributed by atoms with van der Waals surface area (Å²) in [5.74, 6) is 0.521. The fraction of sp³-hybridized carbons (Fsp3) is 0.833. The highest BCUT2D eigenvalue weighted by atomic mass is 79.9. The lowest BCUT2D eigenvalue weighted by Gasteiger charge is -2.42. The van der Waals surface area contributed by atoms with Gasteiger partial charge < -0.3 is 0 Å². The third kappa shape index (κ3) is 2.31. The Morgan fingerprint density at radius 3 is 2.60 bits per heavy atom. The van der Waals surface area contributed by atoms with Crippen molar-refractivity contribution in [3.63, 3.8) is 0 Å². The molecule has 1 aromatic heterocycles. The van der Waals surface area contributed by atoms with Crippen LogP contribution in [0.5, 0.6) is 0 Å². The number of piperidine rings is 1. The van der Waals surface area contributed by atoms with E-state index in [1.54, 1.807) is 11.4 Å². The molecule has 0 radical (unpaired) electrons. The Balaban J connectivity index is 1.98. The minimum atomic E-state index is -3.53. The molecule has 0 N–H and O–H groups in total. The summed E-state index contributed by atoms with van der Waals surface area (Å²) < 4.78 is 29.2. The van der Waals surface area contributed by atoms with E-state index in [0.717, 1.165) is 32.1 Å². The van der Waals surface area contributed by atoms with Crippen LogP contribution in [0.3, 0.4) is 0 Å². The first-order chi connectivity index (χ1) is 9.51. The summed E-state index contributed by atoms with van der Waals surface area (Å²) >= 11 is 3.21. The fourth-order valence-corrected chi connectivity index (χ4v) is 6.38. The maximum Gasteiger partial charge on any atom is 0.263 e. The molecule has 2 fully saturated rings. The molecule has 8 heteroatoms. The molecule has 112 valence electrons. The Morgan fingerprint density at radius 1 is 1.20 bits per heavy atom. The highest BCUT2D eigenvalue weighted by Gasteiger charge is 2.42. The van der Waals surface area contributed by atoms with Crippen molar-refractivity contribution < 1.29 is 8.42 Å². The van der Waals surface area contributed by atoms with Crippen LogP contribution in [0.1, 0.15) is 38.5 Å². The van der Waals surface area contributed by atoms with Gasteiger partial charge in [-0.15, -0.1) is 5.10 Å². The normalized spacial score (nSPS) is 28.3. The molecule has 3 rings (SSSR count). The number of aromatic nitrogens is 3. The van der Waals surface area contributed by atoms with Crippen LogP contribution < -0.4 is 0 Å². The lowest BCUT2D eigenvalue weighted by molar-refractivity contribution is 0.128. The molecule has 2 unspecified atom stereocenters. The summed E-state index contributed by atoms with van der Waals surface area (Å²) in [6, 6.07) is 0.157. The number of fused-ring (bicyclic) bond motifs is 1. The maximum atomic E-state index is 12.9. The lowest BCUT2D eigenvalue weighted by atomic mass is 9.79. The summed E-state index contributed by atoms with van der Waals surface area (Å²) in [4.78, 5) is 0. The molecule has 1 aliphatic carbocycles. The number of rotatable bonds is 2. The molecule has 0 aromatic carbocycles. The molecule has 2 atom stereocenters. The van der Waals surface area contributed by atoms with E-state index >= 15 is 0 Å². The Morgan fingerprint density at radius 2 is 1.90 bits per heavy atom. The summed E-state index contributed by atoms with van der Waals surface area (Å²) in [5, 5.41) is 7.77. The standard InChI is InChI=1S/C12H19BrN4O2S/c1-16-12(11(13)14-15-16)20(18,19)17-8-4-6-9-5-2-3-7-10(9)17/h9-10H,2-8H2,1H3. The number of hydrogen-bond donors (Lipinski definition) is 0. The molecule has 2 aliphatic rings. The second kappa shape index (κ2) is 5.38. The molecule has 2 heterocycles. The van der Waals surface area contributed by atoms with E-state index < -0.39 is 10.0 Å². The van der Waals surface area contributed by atoms with Gasteiger partial charge in [0.1, 0.15) is 0 Å². The summed E-state index contributed by atoms with van der Waals surface area (Å²) in [6.45, 7) is 0.612. The highest BCUT2D eigenvalue weighted by Crippen LogP contribution is 2.38. The van der Waals surface area contributed by atoms with E-state index in [1.807, 2.05) is 0 Å². The Bertz CT molecular complexity index is 579. The fourth-order valence-electron chi connectivity index (χ4n) is 3.59. The first-order valence-electron chi connectivity index (χ1n) is 7.09. The Labute approximate surface area is 127 Å². The number of nitrogens with zero attached hydrogens (tertiary/aromatic N) is 4. The van der Waals surface area contributed by atoms with Crippen LogP contribution in [0.4, 0.5) is 0 Å². The van der Waals surface area contributed by atoms with Crippen LogP contribution in [-0.2, 0) is 17.1 Å².